The van der Waals surface area contributed by atoms with E-state index in [1.54, 1.807) is 0 Å². The Kier molecular flexibility index (Phi) is 3.50. The normalized spacial score (nSPS) is 19.8. The highest BCUT2D eigenvalue weighted by atomic mass is 16.7. The van der Waals surface area contributed by atoms with E-state index in [0.717, 1.165) is 55.7 Å². The number of pyridine rings is 1. The number of piperidine rings is 1. The smallest absolute Gasteiger partial charge is 0.171 e. The molecule has 0 atom stereocenters. The van der Waals surface area contributed by atoms with E-state index in [-0.39, 0.29) is 5.79 Å². The molecule has 5 heteroatoms. The van der Waals surface area contributed by atoms with Crippen molar-refractivity contribution in [1.82, 2.24) is 9.97 Å². The molecule has 0 saturated carbocycles. The second-order valence-electron chi connectivity index (χ2n) is 6.78. The van der Waals surface area contributed by atoms with Crippen LogP contribution in [0.2, 0.25) is 0 Å². The Hall–Kier alpha value is -2.37. The van der Waals surface area contributed by atoms with Crippen molar-refractivity contribution in [2.45, 2.75) is 18.6 Å². The zero-order valence-electron chi connectivity index (χ0n) is 14.1. The van der Waals surface area contributed by atoms with Crippen molar-refractivity contribution >= 4 is 16.7 Å². The molecule has 4 heterocycles. The van der Waals surface area contributed by atoms with Crippen LogP contribution in [0.1, 0.15) is 12.8 Å². The molecule has 2 saturated heterocycles. The van der Waals surface area contributed by atoms with Gasteiger partial charge in [0, 0.05) is 55.0 Å². The Morgan fingerprint density at radius 1 is 0.960 bits per heavy atom. The van der Waals surface area contributed by atoms with Crippen LogP contribution in [0.15, 0.2) is 48.8 Å². The quantitative estimate of drug-likeness (QED) is 0.778. The van der Waals surface area contributed by atoms with Gasteiger partial charge in [0.05, 0.1) is 13.2 Å². The molecule has 128 valence electrons. The van der Waals surface area contributed by atoms with Crippen LogP contribution in [-0.4, -0.2) is 42.1 Å². The van der Waals surface area contributed by atoms with E-state index >= 15 is 0 Å². The van der Waals surface area contributed by atoms with Gasteiger partial charge in [0.25, 0.3) is 0 Å². The highest BCUT2D eigenvalue weighted by Crippen LogP contribution is 2.33. The molecule has 0 radical (unpaired) electrons. The fourth-order valence-electron chi connectivity index (χ4n) is 3.85. The minimum atomic E-state index is -0.311. The van der Waals surface area contributed by atoms with Gasteiger partial charge in [-0.1, -0.05) is 12.1 Å². The number of rotatable bonds is 2. The molecule has 3 aromatic rings. The van der Waals surface area contributed by atoms with E-state index in [0.29, 0.717) is 0 Å². The van der Waals surface area contributed by atoms with Gasteiger partial charge in [-0.05, 0) is 29.8 Å². The van der Waals surface area contributed by atoms with Gasteiger partial charge in [-0.3, -0.25) is 0 Å². The topological polar surface area (TPSA) is 50.4 Å². The largest absolute Gasteiger partial charge is 0.371 e. The standard InChI is InChI=1S/C20H21N3O2/c1-3-18(23-9-6-20(7-10-23)24-11-12-25-20)4-2-15(1)17-13-16-5-8-21-19(16)22-14-17/h1-5,8,13-14H,6-7,9-12H2,(H,21,22). The van der Waals surface area contributed by atoms with E-state index in [9.17, 15) is 0 Å². The molecular weight excluding hydrogens is 314 g/mol. The molecule has 0 aliphatic carbocycles. The SMILES string of the molecule is c1cc2cc(-c3ccc(N4CCC5(CC4)OCCO5)cc3)cnc2[nH]1. The first-order valence-electron chi connectivity index (χ1n) is 8.88. The molecule has 2 aromatic heterocycles. The Bertz CT molecular complexity index is 871. The molecular formula is C20H21N3O2. The van der Waals surface area contributed by atoms with Gasteiger partial charge in [-0.2, -0.15) is 0 Å². The maximum absolute atomic E-state index is 5.81. The van der Waals surface area contributed by atoms with Crippen molar-refractivity contribution in [2.75, 3.05) is 31.2 Å². The summed E-state index contributed by atoms with van der Waals surface area (Å²) in [6, 6.07) is 13.0. The summed E-state index contributed by atoms with van der Waals surface area (Å²) in [5.74, 6) is -0.311. The summed E-state index contributed by atoms with van der Waals surface area (Å²) in [5.41, 5.74) is 4.52. The number of aromatic nitrogens is 2. The van der Waals surface area contributed by atoms with Crippen molar-refractivity contribution in [3.05, 3.63) is 48.8 Å². The predicted octanol–water partition coefficient (Wildman–Crippen LogP) is 3.57. The van der Waals surface area contributed by atoms with Gasteiger partial charge < -0.3 is 19.4 Å². The highest BCUT2D eigenvalue weighted by molar-refractivity contribution is 5.81. The lowest BCUT2D eigenvalue weighted by Crippen LogP contribution is -2.45. The first-order chi connectivity index (χ1) is 12.3. The number of hydrogen-bond donors (Lipinski definition) is 1. The molecule has 1 spiro atoms. The lowest BCUT2D eigenvalue weighted by Gasteiger charge is -2.38. The molecule has 25 heavy (non-hydrogen) atoms. The summed E-state index contributed by atoms with van der Waals surface area (Å²) < 4.78 is 11.6. The third kappa shape index (κ3) is 2.69. The molecule has 5 rings (SSSR count). The zero-order chi connectivity index (χ0) is 16.7. The van der Waals surface area contributed by atoms with Crippen LogP contribution in [-0.2, 0) is 9.47 Å². The number of nitrogens with one attached hydrogen (secondary N) is 1. The number of nitrogens with zero attached hydrogens (tertiary/aromatic N) is 2. The van der Waals surface area contributed by atoms with Gasteiger partial charge in [0.2, 0.25) is 0 Å². The second kappa shape index (κ2) is 5.86. The van der Waals surface area contributed by atoms with E-state index in [1.165, 1.54) is 11.3 Å². The van der Waals surface area contributed by atoms with Gasteiger partial charge in [0.1, 0.15) is 5.65 Å². The van der Waals surface area contributed by atoms with Gasteiger partial charge in [0.15, 0.2) is 5.79 Å². The maximum atomic E-state index is 5.81. The van der Waals surface area contributed by atoms with Crippen molar-refractivity contribution in [1.29, 1.82) is 0 Å². The molecule has 2 aliphatic heterocycles. The monoisotopic (exact) mass is 335 g/mol. The van der Waals surface area contributed by atoms with Crippen LogP contribution in [0.25, 0.3) is 22.2 Å². The lowest BCUT2D eigenvalue weighted by atomic mass is 10.0. The molecule has 0 bridgehead atoms. The molecule has 0 unspecified atom stereocenters. The summed E-state index contributed by atoms with van der Waals surface area (Å²) >= 11 is 0. The average Bonchev–Trinajstić information content (AvgIpc) is 3.32. The summed E-state index contributed by atoms with van der Waals surface area (Å²) in [6.07, 6.45) is 5.71. The Morgan fingerprint density at radius 3 is 2.48 bits per heavy atom. The van der Waals surface area contributed by atoms with Crippen molar-refractivity contribution in [3.63, 3.8) is 0 Å². The molecule has 0 amide bonds. The fourth-order valence-corrected chi connectivity index (χ4v) is 3.85. The maximum Gasteiger partial charge on any atom is 0.171 e. The number of aromatic amines is 1. The summed E-state index contributed by atoms with van der Waals surface area (Å²) in [7, 11) is 0. The number of benzene rings is 1. The van der Waals surface area contributed by atoms with Crippen LogP contribution in [0.3, 0.4) is 0 Å². The Morgan fingerprint density at radius 2 is 1.72 bits per heavy atom. The summed E-state index contributed by atoms with van der Waals surface area (Å²) in [5, 5.41) is 1.14. The van der Waals surface area contributed by atoms with Gasteiger partial charge in [-0.25, -0.2) is 4.98 Å². The van der Waals surface area contributed by atoms with Crippen LogP contribution in [0.5, 0.6) is 0 Å². The highest BCUT2D eigenvalue weighted by Gasteiger charge is 2.39. The van der Waals surface area contributed by atoms with Crippen LogP contribution < -0.4 is 4.90 Å². The molecule has 2 aliphatic rings. The first-order valence-corrected chi connectivity index (χ1v) is 8.88. The van der Waals surface area contributed by atoms with E-state index in [1.807, 2.05) is 12.4 Å². The number of ether oxygens (including phenoxy) is 2. The molecule has 5 nitrogen and oxygen atoms in total. The molecule has 2 fully saturated rings. The third-order valence-corrected chi connectivity index (χ3v) is 5.30. The number of hydrogen-bond acceptors (Lipinski definition) is 4. The van der Waals surface area contributed by atoms with Crippen molar-refractivity contribution in [2.24, 2.45) is 0 Å². The summed E-state index contributed by atoms with van der Waals surface area (Å²) in [6.45, 7) is 3.40. The van der Waals surface area contributed by atoms with E-state index in [4.69, 9.17) is 9.47 Å². The minimum absolute atomic E-state index is 0.311. The third-order valence-electron chi connectivity index (χ3n) is 5.30. The Labute approximate surface area is 146 Å². The fraction of sp³-hybridized carbons (Fsp3) is 0.350. The second-order valence-corrected chi connectivity index (χ2v) is 6.78. The average molecular weight is 335 g/mol. The number of H-pyrrole nitrogens is 1. The Balaban J connectivity index is 1.33. The minimum Gasteiger partial charge on any atom is -0.371 e. The van der Waals surface area contributed by atoms with Gasteiger partial charge >= 0.3 is 0 Å². The van der Waals surface area contributed by atoms with E-state index in [2.05, 4.69) is 51.3 Å². The number of fused-ring (bicyclic) bond motifs is 1. The van der Waals surface area contributed by atoms with Crippen LogP contribution in [0, 0.1) is 0 Å². The molecule has 1 aromatic carbocycles. The van der Waals surface area contributed by atoms with Crippen LogP contribution >= 0.6 is 0 Å². The van der Waals surface area contributed by atoms with E-state index < -0.39 is 0 Å². The lowest BCUT2D eigenvalue weighted by molar-refractivity contribution is -0.169. The molecule has 1 N–H and O–H groups in total. The summed E-state index contributed by atoms with van der Waals surface area (Å²) in [4.78, 5) is 10.0. The predicted molar refractivity (Wildman–Crippen MR) is 97.6 cm³/mol. The zero-order valence-corrected chi connectivity index (χ0v) is 14.1. The van der Waals surface area contributed by atoms with Crippen LogP contribution in [0.4, 0.5) is 5.69 Å². The number of anilines is 1. The van der Waals surface area contributed by atoms with Gasteiger partial charge in [-0.15, -0.1) is 0 Å². The van der Waals surface area contributed by atoms with Crippen molar-refractivity contribution in [3.8, 4) is 11.1 Å². The van der Waals surface area contributed by atoms with Crippen molar-refractivity contribution < 1.29 is 9.47 Å². The first kappa shape index (κ1) is 14.9.